The molecule has 0 heterocycles. The Morgan fingerprint density at radius 1 is 1.29 bits per heavy atom. The highest BCUT2D eigenvalue weighted by Gasteiger charge is 2.28. The SMILES string of the molecule is COc1cc(Cl)cc(CO)c1OCCS(=O)(=O)C(C)(C)C. The fraction of sp³-hybridized carbons (Fsp3) is 0.571. The molecule has 0 radical (unpaired) electrons. The van der Waals surface area contributed by atoms with E-state index in [1.54, 1.807) is 32.9 Å². The third kappa shape index (κ3) is 4.49. The van der Waals surface area contributed by atoms with Crippen molar-refractivity contribution in [2.45, 2.75) is 32.1 Å². The summed E-state index contributed by atoms with van der Waals surface area (Å²) in [5, 5.41) is 9.75. The number of benzene rings is 1. The lowest BCUT2D eigenvalue weighted by molar-refractivity contribution is 0.260. The zero-order valence-corrected chi connectivity index (χ0v) is 14.2. The van der Waals surface area contributed by atoms with Crippen LogP contribution >= 0.6 is 11.6 Å². The van der Waals surface area contributed by atoms with Crippen LogP contribution in [-0.2, 0) is 16.4 Å². The summed E-state index contributed by atoms with van der Waals surface area (Å²) >= 11 is 5.90. The summed E-state index contributed by atoms with van der Waals surface area (Å²) in [5.74, 6) is 0.556. The van der Waals surface area contributed by atoms with Crippen LogP contribution in [0.5, 0.6) is 11.5 Å². The first-order valence-corrected chi connectivity index (χ1v) is 8.47. The zero-order chi connectivity index (χ0) is 16.3. The minimum Gasteiger partial charge on any atom is -0.493 e. The number of methoxy groups -OCH3 is 1. The summed E-state index contributed by atoms with van der Waals surface area (Å²) < 4.78 is 33.9. The topological polar surface area (TPSA) is 72.8 Å². The lowest BCUT2D eigenvalue weighted by atomic mass is 10.2. The molecule has 0 saturated heterocycles. The molecule has 0 bridgehead atoms. The van der Waals surface area contributed by atoms with Gasteiger partial charge in [0.1, 0.15) is 6.61 Å². The fourth-order valence-corrected chi connectivity index (χ4v) is 2.76. The van der Waals surface area contributed by atoms with Crippen molar-refractivity contribution in [3.63, 3.8) is 0 Å². The van der Waals surface area contributed by atoms with Crippen LogP contribution in [0.3, 0.4) is 0 Å². The smallest absolute Gasteiger partial charge is 0.166 e. The molecule has 1 aromatic carbocycles. The van der Waals surface area contributed by atoms with Gasteiger partial charge in [-0.1, -0.05) is 11.6 Å². The number of rotatable bonds is 6. The summed E-state index contributed by atoms with van der Waals surface area (Å²) in [6, 6.07) is 3.10. The highest BCUT2D eigenvalue weighted by atomic mass is 35.5. The average molecular weight is 337 g/mol. The second-order valence-corrected chi connectivity index (χ2v) is 8.83. The molecule has 0 atom stereocenters. The van der Waals surface area contributed by atoms with E-state index in [-0.39, 0.29) is 19.0 Å². The Labute approximate surface area is 130 Å². The molecule has 0 spiro atoms. The second-order valence-electron chi connectivity index (χ2n) is 5.53. The highest BCUT2D eigenvalue weighted by Crippen LogP contribution is 2.34. The van der Waals surface area contributed by atoms with Gasteiger partial charge in [0.25, 0.3) is 0 Å². The molecule has 0 unspecified atom stereocenters. The molecule has 0 amide bonds. The zero-order valence-electron chi connectivity index (χ0n) is 12.6. The van der Waals surface area contributed by atoms with Gasteiger partial charge in [-0.2, -0.15) is 0 Å². The standard InChI is InChI=1S/C14H21ClO5S/c1-14(2,3)21(17,18)6-5-20-13-10(9-16)7-11(15)8-12(13)19-4/h7-8,16H,5-6,9H2,1-4H3. The maximum absolute atomic E-state index is 12.0. The molecule has 1 N–H and O–H groups in total. The van der Waals surface area contributed by atoms with Crippen molar-refractivity contribution in [1.29, 1.82) is 0 Å². The Morgan fingerprint density at radius 2 is 1.90 bits per heavy atom. The fourth-order valence-electron chi connectivity index (χ4n) is 1.62. The molecule has 0 fully saturated rings. The first kappa shape index (κ1) is 18.1. The minimum absolute atomic E-state index is 0.0232. The summed E-state index contributed by atoms with van der Waals surface area (Å²) in [6.45, 7) is 4.63. The number of aliphatic hydroxyl groups excluding tert-OH is 1. The minimum atomic E-state index is -3.27. The van der Waals surface area contributed by atoms with E-state index in [4.69, 9.17) is 21.1 Å². The van der Waals surface area contributed by atoms with E-state index in [1.165, 1.54) is 7.11 Å². The van der Waals surface area contributed by atoms with Gasteiger partial charge in [0.05, 0.1) is 24.2 Å². The van der Waals surface area contributed by atoms with E-state index < -0.39 is 14.6 Å². The van der Waals surface area contributed by atoms with Crippen LogP contribution in [0.1, 0.15) is 26.3 Å². The van der Waals surface area contributed by atoms with E-state index in [1.807, 2.05) is 0 Å². The Bertz CT molecular complexity index is 565. The molecule has 1 rings (SSSR count). The van der Waals surface area contributed by atoms with Crippen molar-refractivity contribution in [3.05, 3.63) is 22.7 Å². The van der Waals surface area contributed by atoms with Gasteiger partial charge in [-0.15, -0.1) is 0 Å². The van der Waals surface area contributed by atoms with E-state index in [2.05, 4.69) is 0 Å². The van der Waals surface area contributed by atoms with Crippen LogP contribution in [0, 0.1) is 0 Å². The first-order chi connectivity index (χ1) is 9.62. The Morgan fingerprint density at radius 3 is 2.38 bits per heavy atom. The highest BCUT2D eigenvalue weighted by molar-refractivity contribution is 7.92. The molecule has 0 aromatic heterocycles. The van der Waals surface area contributed by atoms with Gasteiger partial charge >= 0.3 is 0 Å². The molecule has 120 valence electrons. The van der Waals surface area contributed by atoms with Crippen LogP contribution in [0.4, 0.5) is 0 Å². The predicted octanol–water partition coefficient (Wildman–Crippen LogP) is 2.43. The van der Waals surface area contributed by atoms with Crippen molar-refractivity contribution in [2.75, 3.05) is 19.5 Å². The summed E-state index contributed by atoms with van der Waals surface area (Å²) in [4.78, 5) is 0. The molecule has 21 heavy (non-hydrogen) atoms. The van der Waals surface area contributed by atoms with E-state index >= 15 is 0 Å². The first-order valence-electron chi connectivity index (χ1n) is 6.44. The molecule has 0 aliphatic rings. The van der Waals surface area contributed by atoms with Crippen LogP contribution in [0.25, 0.3) is 0 Å². The largest absolute Gasteiger partial charge is 0.493 e. The number of sulfone groups is 1. The van der Waals surface area contributed by atoms with Crippen LogP contribution in [0.15, 0.2) is 12.1 Å². The van der Waals surface area contributed by atoms with E-state index in [0.29, 0.717) is 22.1 Å². The molecular weight excluding hydrogens is 316 g/mol. The number of aliphatic hydroxyl groups is 1. The van der Waals surface area contributed by atoms with Crippen LogP contribution in [0.2, 0.25) is 5.02 Å². The van der Waals surface area contributed by atoms with Crippen molar-refractivity contribution in [1.82, 2.24) is 0 Å². The molecular formula is C14H21ClO5S. The lowest BCUT2D eigenvalue weighted by Gasteiger charge is -2.20. The van der Waals surface area contributed by atoms with Gasteiger partial charge < -0.3 is 14.6 Å². The predicted molar refractivity (Wildman–Crippen MR) is 83.0 cm³/mol. The van der Waals surface area contributed by atoms with Gasteiger partial charge in [0, 0.05) is 16.7 Å². The molecule has 0 saturated carbocycles. The van der Waals surface area contributed by atoms with Crippen molar-refractivity contribution in [2.24, 2.45) is 0 Å². The molecule has 5 nitrogen and oxygen atoms in total. The Balaban J connectivity index is 2.90. The average Bonchev–Trinajstić information content (AvgIpc) is 2.38. The monoisotopic (exact) mass is 336 g/mol. The van der Waals surface area contributed by atoms with Gasteiger partial charge in [-0.3, -0.25) is 0 Å². The van der Waals surface area contributed by atoms with Gasteiger partial charge in [0.15, 0.2) is 21.3 Å². The second kappa shape index (κ2) is 6.85. The van der Waals surface area contributed by atoms with Crippen LogP contribution < -0.4 is 9.47 Å². The summed E-state index contributed by atoms with van der Waals surface area (Å²) in [7, 11) is -1.82. The van der Waals surface area contributed by atoms with E-state index in [9.17, 15) is 13.5 Å². The van der Waals surface area contributed by atoms with Crippen molar-refractivity contribution in [3.8, 4) is 11.5 Å². The molecule has 7 heteroatoms. The van der Waals surface area contributed by atoms with Crippen molar-refractivity contribution >= 4 is 21.4 Å². The molecule has 0 aliphatic heterocycles. The molecule has 1 aromatic rings. The Hall–Kier alpha value is -0.980. The van der Waals surface area contributed by atoms with Crippen molar-refractivity contribution < 1.29 is 23.0 Å². The number of ether oxygens (including phenoxy) is 2. The number of hydrogen-bond acceptors (Lipinski definition) is 5. The third-order valence-corrected chi connectivity index (χ3v) is 5.81. The quantitative estimate of drug-likeness (QED) is 0.863. The molecule has 0 aliphatic carbocycles. The number of hydrogen-bond donors (Lipinski definition) is 1. The van der Waals surface area contributed by atoms with Gasteiger partial charge in [0.2, 0.25) is 0 Å². The summed E-state index contributed by atoms with van der Waals surface area (Å²) in [6.07, 6.45) is 0. The normalized spacial score (nSPS) is 12.3. The van der Waals surface area contributed by atoms with Crippen LogP contribution in [-0.4, -0.2) is 37.7 Å². The summed E-state index contributed by atoms with van der Waals surface area (Å²) in [5.41, 5.74) is 0.451. The Kier molecular flexibility index (Phi) is 5.90. The lowest BCUT2D eigenvalue weighted by Crippen LogP contribution is -2.32. The number of halogens is 1. The maximum Gasteiger partial charge on any atom is 0.166 e. The van der Waals surface area contributed by atoms with Gasteiger partial charge in [-0.25, -0.2) is 8.42 Å². The maximum atomic E-state index is 12.0. The third-order valence-electron chi connectivity index (χ3n) is 3.02. The van der Waals surface area contributed by atoms with Gasteiger partial charge in [-0.05, 0) is 26.8 Å². The van der Waals surface area contributed by atoms with E-state index in [0.717, 1.165) is 0 Å².